The van der Waals surface area contributed by atoms with E-state index in [0.717, 1.165) is 12.1 Å². The molecule has 0 heterocycles. The Morgan fingerprint density at radius 1 is 1.43 bits per heavy atom. The molecular weight excluding hydrogens is 178 g/mol. The molecular formula is C10H19N3O. The molecule has 0 aromatic heterocycles. The van der Waals surface area contributed by atoms with Crippen molar-refractivity contribution >= 4 is 11.7 Å². The summed E-state index contributed by atoms with van der Waals surface area (Å²) in [7, 11) is 0. The van der Waals surface area contributed by atoms with E-state index in [1.165, 1.54) is 32.1 Å². The molecule has 4 heteroatoms. The van der Waals surface area contributed by atoms with E-state index in [1.807, 2.05) is 0 Å². The first-order chi connectivity index (χ1) is 6.70. The van der Waals surface area contributed by atoms with E-state index in [1.54, 1.807) is 0 Å². The second-order valence-corrected chi connectivity index (χ2v) is 3.93. The third-order valence-corrected chi connectivity index (χ3v) is 2.70. The molecule has 1 aliphatic rings. The van der Waals surface area contributed by atoms with Crippen molar-refractivity contribution in [1.82, 2.24) is 5.43 Å². The van der Waals surface area contributed by atoms with Crippen LogP contribution in [-0.2, 0) is 0 Å². The van der Waals surface area contributed by atoms with Crippen LogP contribution in [0.25, 0.3) is 0 Å². The third-order valence-electron chi connectivity index (χ3n) is 2.70. The number of primary amides is 1. The van der Waals surface area contributed by atoms with Gasteiger partial charge in [-0.15, -0.1) is 0 Å². The summed E-state index contributed by atoms with van der Waals surface area (Å²) in [5.74, 6) is 0.474. The smallest absolute Gasteiger partial charge is 0.332 e. The van der Waals surface area contributed by atoms with E-state index in [4.69, 9.17) is 5.73 Å². The van der Waals surface area contributed by atoms with E-state index in [-0.39, 0.29) is 0 Å². The fraction of sp³-hybridized carbons (Fsp3) is 0.800. The van der Waals surface area contributed by atoms with E-state index in [0.29, 0.717) is 5.92 Å². The van der Waals surface area contributed by atoms with Crippen molar-refractivity contribution in [2.45, 2.75) is 45.4 Å². The van der Waals surface area contributed by atoms with Gasteiger partial charge in [0.2, 0.25) is 0 Å². The van der Waals surface area contributed by atoms with Crippen LogP contribution in [0.3, 0.4) is 0 Å². The van der Waals surface area contributed by atoms with Crippen LogP contribution in [0.5, 0.6) is 0 Å². The Labute approximate surface area is 84.9 Å². The summed E-state index contributed by atoms with van der Waals surface area (Å²) >= 11 is 0. The van der Waals surface area contributed by atoms with Crippen LogP contribution in [0.4, 0.5) is 4.79 Å². The molecule has 2 amide bonds. The quantitative estimate of drug-likeness (QED) is 0.620. The molecule has 4 nitrogen and oxygen atoms in total. The summed E-state index contributed by atoms with van der Waals surface area (Å²) in [6.07, 6.45) is 7.17. The van der Waals surface area contributed by atoms with Gasteiger partial charge in [-0.3, -0.25) is 0 Å². The SMILES string of the molecule is CC1CCCCCC/C1=N\NC(N)=O. The molecule has 0 radical (unpaired) electrons. The Balaban J connectivity index is 2.52. The summed E-state index contributed by atoms with van der Waals surface area (Å²) in [5.41, 5.74) is 8.38. The molecule has 80 valence electrons. The van der Waals surface area contributed by atoms with Crippen molar-refractivity contribution in [1.29, 1.82) is 0 Å². The van der Waals surface area contributed by atoms with Crippen molar-refractivity contribution in [2.75, 3.05) is 0 Å². The van der Waals surface area contributed by atoms with Gasteiger partial charge in [0.1, 0.15) is 0 Å². The van der Waals surface area contributed by atoms with Crippen LogP contribution in [0.15, 0.2) is 5.10 Å². The Morgan fingerprint density at radius 2 is 2.14 bits per heavy atom. The molecule has 1 unspecified atom stereocenters. The van der Waals surface area contributed by atoms with E-state index < -0.39 is 6.03 Å². The van der Waals surface area contributed by atoms with Gasteiger partial charge in [0.15, 0.2) is 0 Å². The monoisotopic (exact) mass is 197 g/mol. The van der Waals surface area contributed by atoms with Crippen LogP contribution in [-0.4, -0.2) is 11.7 Å². The minimum absolute atomic E-state index is 0.474. The van der Waals surface area contributed by atoms with Gasteiger partial charge < -0.3 is 5.73 Å². The van der Waals surface area contributed by atoms with E-state index >= 15 is 0 Å². The first-order valence-corrected chi connectivity index (χ1v) is 5.32. The van der Waals surface area contributed by atoms with Gasteiger partial charge in [-0.2, -0.15) is 5.10 Å². The average molecular weight is 197 g/mol. The fourth-order valence-electron chi connectivity index (χ4n) is 1.82. The second kappa shape index (κ2) is 5.62. The zero-order valence-electron chi connectivity index (χ0n) is 8.75. The highest BCUT2D eigenvalue weighted by Gasteiger charge is 2.13. The molecule has 1 fully saturated rings. The Morgan fingerprint density at radius 3 is 2.86 bits per heavy atom. The van der Waals surface area contributed by atoms with Crippen molar-refractivity contribution < 1.29 is 4.79 Å². The second-order valence-electron chi connectivity index (χ2n) is 3.93. The summed E-state index contributed by atoms with van der Waals surface area (Å²) in [4.78, 5) is 10.5. The number of hydrogen-bond acceptors (Lipinski definition) is 2. The molecule has 1 aliphatic carbocycles. The number of nitrogens with two attached hydrogens (primary N) is 1. The van der Waals surface area contributed by atoms with Crippen LogP contribution in [0.2, 0.25) is 0 Å². The number of urea groups is 1. The van der Waals surface area contributed by atoms with Crippen LogP contribution in [0, 0.1) is 5.92 Å². The first-order valence-electron chi connectivity index (χ1n) is 5.32. The summed E-state index contributed by atoms with van der Waals surface area (Å²) < 4.78 is 0. The zero-order valence-corrected chi connectivity index (χ0v) is 8.75. The zero-order chi connectivity index (χ0) is 10.4. The molecule has 1 atom stereocenters. The van der Waals surface area contributed by atoms with Gasteiger partial charge in [0.05, 0.1) is 0 Å². The summed E-state index contributed by atoms with van der Waals surface area (Å²) in [5, 5.41) is 4.06. The van der Waals surface area contributed by atoms with Crippen molar-refractivity contribution in [3.8, 4) is 0 Å². The van der Waals surface area contributed by atoms with Crippen molar-refractivity contribution in [2.24, 2.45) is 16.8 Å². The molecule has 0 aromatic carbocycles. The molecule has 3 N–H and O–H groups in total. The van der Waals surface area contributed by atoms with Gasteiger partial charge in [-0.1, -0.05) is 26.2 Å². The lowest BCUT2D eigenvalue weighted by molar-refractivity contribution is 0.249. The Kier molecular flexibility index (Phi) is 4.43. The lowest BCUT2D eigenvalue weighted by Gasteiger charge is -2.17. The number of hydrogen-bond donors (Lipinski definition) is 2. The normalized spacial score (nSPS) is 26.6. The number of carbonyl (C=O) groups is 1. The predicted octanol–water partition coefficient (Wildman–Crippen LogP) is 2.00. The van der Waals surface area contributed by atoms with Gasteiger partial charge in [0.25, 0.3) is 0 Å². The molecule has 0 spiro atoms. The molecule has 0 saturated heterocycles. The van der Waals surface area contributed by atoms with Gasteiger partial charge in [-0.25, -0.2) is 10.2 Å². The number of rotatable bonds is 1. The molecule has 0 bridgehead atoms. The minimum atomic E-state index is -0.577. The number of amides is 2. The number of nitrogens with zero attached hydrogens (tertiary/aromatic N) is 1. The number of carbonyl (C=O) groups excluding carboxylic acids is 1. The third kappa shape index (κ3) is 3.77. The van der Waals surface area contributed by atoms with Gasteiger partial charge >= 0.3 is 6.03 Å². The molecule has 0 aliphatic heterocycles. The maximum Gasteiger partial charge on any atom is 0.332 e. The Hall–Kier alpha value is -1.06. The summed E-state index contributed by atoms with van der Waals surface area (Å²) in [6, 6.07) is -0.577. The number of hydrazone groups is 1. The Bertz CT molecular complexity index is 225. The van der Waals surface area contributed by atoms with Crippen LogP contribution < -0.4 is 11.2 Å². The topological polar surface area (TPSA) is 67.5 Å². The predicted molar refractivity (Wildman–Crippen MR) is 57.0 cm³/mol. The highest BCUT2D eigenvalue weighted by molar-refractivity contribution is 5.87. The van der Waals surface area contributed by atoms with Gasteiger partial charge in [0, 0.05) is 5.71 Å². The highest BCUT2D eigenvalue weighted by Crippen LogP contribution is 2.19. The standard InChI is InChI=1S/C10H19N3O/c1-8-6-4-2-3-5-7-9(8)12-13-10(11)14/h8H,2-7H2,1H3,(H3,11,13,14)/b12-9+. The largest absolute Gasteiger partial charge is 0.350 e. The lowest BCUT2D eigenvalue weighted by Crippen LogP contribution is -2.27. The van der Waals surface area contributed by atoms with Crippen molar-refractivity contribution in [3.63, 3.8) is 0 Å². The maximum atomic E-state index is 10.5. The average Bonchev–Trinajstić information content (AvgIpc) is 2.10. The fourth-order valence-corrected chi connectivity index (χ4v) is 1.82. The molecule has 0 aromatic rings. The van der Waals surface area contributed by atoms with Crippen LogP contribution in [0.1, 0.15) is 45.4 Å². The van der Waals surface area contributed by atoms with Crippen LogP contribution >= 0.6 is 0 Å². The van der Waals surface area contributed by atoms with E-state index in [9.17, 15) is 4.79 Å². The van der Waals surface area contributed by atoms with E-state index in [2.05, 4.69) is 17.5 Å². The minimum Gasteiger partial charge on any atom is -0.350 e. The van der Waals surface area contributed by atoms with Crippen molar-refractivity contribution in [3.05, 3.63) is 0 Å². The molecule has 14 heavy (non-hydrogen) atoms. The number of nitrogens with one attached hydrogen (secondary N) is 1. The van der Waals surface area contributed by atoms with Gasteiger partial charge in [-0.05, 0) is 25.2 Å². The molecule has 1 rings (SSSR count). The maximum absolute atomic E-state index is 10.5. The summed E-state index contributed by atoms with van der Waals surface area (Å²) in [6.45, 7) is 2.16. The highest BCUT2D eigenvalue weighted by atomic mass is 16.2. The first kappa shape index (κ1) is 11.0. The lowest BCUT2D eigenvalue weighted by atomic mass is 9.91. The molecule has 1 saturated carbocycles.